The summed E-state index contributed by atoms with van der Waals surface area (Å²) < 4.78 is 0. The zero-order chi connectivity index (χ0) is 15.4. The van der Waals surface area contributed by atoms with Gasteiger partial charge in [-0.2, -0.15) is 0 Å². The van der Waals surface area contributed by atoms with Crippen molar-refractivity contribution in [3.05, 3.63) is 35.4 Å². The molecule has 2 aliphatic rings. The zero-order valence-electron chi connectivity index (χ0n) is 13.5. The Kier molecular flexibility index (Phi) is 4.95. The summed E-state index contributed by atoms with van der Waals surface area (Å²) in [5.74, 6) is 0.573. The summed E-state index contributed by atoms with van der Waals surface area (Å²) in [5.41, 5.74) is 8.44. The van der Waals surface area contributed by atoms with E-state index in [0.717, 1.165) is 19.6 Å². The topological polar surface area (TPSA) is 56.9 Å². The lowest BCUT2D eigenvalue weighted by Crippen LogP contribution is -2.43. The predicted molar refractivity (Wildman–Crippen MR) is 90.7 cm³/mol. The summed E-state index contributed by atoms with van der Waals surface area (Å²) in [6, 6.07) is 9.33. The van der Waals surface area contributed by atoms with E-state index in [1.165, 1.54) is 37.1 Å². The first-order chi connectivity index (χ1) is 10.7. The number of nitrogens with zero attached hydrogens (tertiary/aromatic N) is 3. The number of hydrogen-bond acceptors (Lipinski definition) is 3. The van der Waals surface area contributed by atoms with Crippen LogP contribution in [0.2, 0.25) is 0 Å². The lowest BCUT2D eigenvalue weighted by molar-refractivity contribution is 0.148. The monoisotopic (exact) mass is 301 g/mol. The highest BCUT2D eigenvalue weighted by Gasteiger charge is 2.21. The molecule has 0 aromatic heterocycles. The van der Waals surface area contributed by atoms with Gasteiger partial charge in [0.1, 0.15) is 0 Å². The fraction of sp³-hybridized carbons (Fsp3) is 0.588. The number of hydrogen-bond donors (Lipinski definition) is 2. The lowest BCUT2D eigenvalue weighted by Gasteiger charge is -2.32. The smallest absolute Gasteiger partial charge is 0.189 e. The van der Waals surface area contributed by atoms with Crippen LogP contribution in [0.4, 0.5) is 0 Å². The maximum absolute atomic E-state index is 5.86. The fourth-order valence-electron chi connectivity index (χ4n) is 2.67. The normalized spacial score (nSPS) is 21.0. The van der Waals surface area contributed by atoms with Crippen molar-refractivity contribution in [2.45, 2.75) is 32.0 Å². The van der Waals surface area contributed by atoms with E-state index < -0.39 is 0 Å². The van der Waals surface area contributed by atoms with Crippen LogP contribution in [-0.4, -0.2) is 55.0 Å². The van der Waals surface area contributed by atoms with Gasteiger partial charge in [0, 0.05) is 38.8 Å². The highest BCUT2D eigenvalue weighted by Crippen LogP contribution is 2.18. The standard InChI is InChI=1S/C17H27N5/c1-21-8-10-22(11-9-21)13-15-4-2-14(3-5-15)12-19-17(18)20-16-6-7-16/h2-5,16H,6-13H2,1H3,(H3,18,19,20). The third-order valence-corrected chi connectivity index (χ3v) is 4.39. The van der Waals surface area contributed by atoms with Crippen molar-refractivity contribution in [1.82, 2.24) is 15.1 Å². The molecule has 1 heterocycles. The Labute approximate surface area is 133 Å². The van der Waals surface area contributed by atoms with Gasteiger partial charge in [0.25, 0.3) is 0 Å². The van der Waals surface area contributed by atoms with Crippen LogP contribution in [-0.2, 0) is 13.1 Å². The molecule has 120 valence electrons. The second-order valence-corrected chi connectivity index (χ2v) is 6.52. The number of likely N-dealkylation sites (N-methyl/N-ethyl adjacent to an activating group) is 1. The van der Waals surface area contributed by atoms with Gasteiger partial charge in [0.15, 0.2) is 5.96 Å². The largest absolute Gasteiger partial charge is 0.370 e. The number of guanidine groups is 1. The highest BCUT2D eigenvalue weighted by molar-refractivity contribution is 5.78. The number of benzene rings is 1. The molecule has 0 bridgehead atoms. The van der Waals surface area contributed by atoms with Crippen molar-refractivity contribution >= 4 is 5.96 Å². The lowest BCUT2D eigenvalue weighted by atomic mass is 10.1. The summed E-state index contributed by atoms with van der Waals surface area (Å²) in [5, 5.41) is 3.21. The molecule has 22 heavy (non-hydrogen) atoms. The van der Waals surface area contributed by atoms with Crippen LogP contribution >= 0.6 is 0 Å². The van der Waals surface area contributed by atoms with Gasteiger partial charge in [-0.05, 0) is 31.0 Å². The summed E-state index contributed by atoms with van der Waals surface area (Å²) in [7, 11) is 2.19. The summed E-state index contributed by atoms with van der Waals surface area (Å²) >= 11 is 0. The number of nitrogens with one attached hydrogen (secondary N) is 1. The first-order valence-corrected chi connectivity index (χ1v) is 8.24. The Morgan fingerprint density at radius 1 is 1.14 bits per heavy atom. The minimum atomic E-state index is 0.565. The van der Waals surface area contributed by atoms with Crippen molar-refractivity contribution in [3.63, 3.8) is 0 Å². The molecule has 3 N–H and O–H groups in total. The Morgan fingerprint density at radius 3 is 2.41 bits per heavy atom. The SMILES string of the molecule is CN1CCN(Cc2ccc(CN=C(N)NC3CC3)cc2)CC1. The molecule has 1 aliphatic heterocycles. The summed E-state index contributed by atoms with van der Waals surface area (Å²) in [6.07, 6.45) is 2.44. The van der Waals surface area contributed by atoms with Gasteiger partial charge in [-0.3, -0.25) is 4.90 Å². The Balaban J connectivity index is 1.47. The van der Waals surface area contributed by atoms with E-state index >= 15 is 0 Å². The van der Waals surface area contributed by atoms with Crippen molar-refractivity contribution in [2.75, 3.05) is 33.2 Å². The molecule has 5 heteroatoms. The van der Waals surface area contributed by atoms with Crippen molar-refractivity contribution in [1.29, 1.82) is 0 Å². The molecule has 1 saturated carbocycles. The van der Waals surface area contributed by atoms with Crippen LogP contribution in [0, 0.1) is 0 Å². The number of aliphatic imine (C=N–C) groups is 1. The minimum absolute atomic E-state index is 0.565. The Morgan fingerprint density at radius 2 is 1.77 bits per heavy atom. The molecule has 0 radical (unpaired) electrons. The highest BCUT2D eigenvalue weighted by atomic mass is 15.2. The van der Waals surface area contributed by atoms with E-state index in [9.17, 15) is 0 Å². The first kappa shape index (κ1) is 15.3. The van der Waals surface area contributed by atoms with Crippen LogP contribution in [0.25, 0.3) is 0 Å². The van der Waals surface area contributed by atoms with Gasteiger partial charge in [0.05, 0.1) is 6.54 Å². The zero-order valence-corrected chi connectivity index (χ0v) is 13.5. The molecule has 0 unspecified atom stereocenters. The van der Waals surface area contributed by atoms with Gasteiger partial charge in [0.2, 0.25) is 0 Å². The van der Waals surface area contributed by atoms with E-state index in [1.54, 1.807) is 0 Å². The molecule has 0 spiro atoms. The third-order valence-electron chi connectivity index (χ3n) is 4.39. The molecule has 1 aromatic rings. The van der Waals surface area contributed by atoms with Crippen molar-refractivity contribution < 1.29 is 0 Å². The molecule has 1 saturated heterocycles. The number of rotatable bonds is 5. The average Bonchev–Trinajstić information content (AvgIpc) is 3.33. The maximum atomic E-state index is 5.86. The van der Waals surface area contributed by atoms with Crippen LogP contribution in [0.3, 0.4) is 0 Å². The van der Waals surface area contributed by atoms with E-state index in [1.807, 2.05) is 0 Å². The van der Waals surface area contributed by atoms with Gasteiger partial charge >= 0.3 is 0 Å². The molecule has 0 amide bonds. The molecular weight excluding hydrogens is 274 g/mol. The molecule has 5 nitrogen and oxygen atoms in total. The maximum Gasteiger partial charge on any atom is 0.189 e. The number of piperazine rings is 1. The van der Waals surface area contributed by atoms with E-state index in [2.05, 4.69) is 51.4 Å². The van der Waals surface area contributed by atoms with E-state index in [-0.39, 0.29) is 0 Å². The molecule has 3 rings (SSSR count). The van der Waals surface area contributed by atoms with Crippen LogP contribution < -0.4 is 11.1 Å². The fourth-order valence-corrected chi connectivity index (χ4v) is 2.67. The van der Waals surface area contributed by atoms with Gasteiger partial charge in [-0.1, -0.05) is 24.3 Å². The van der Waals surface area contributed by atoms with Gasteiger partial charge in [-0.25, -0.2) is 4.99 Å². The third kappa shape index (κ3) is 4.71. The van der Waals surface area contributed by atoms with Crippen molar-refractivity contribution in [2.24, 2.45) is 10.7 Å². The van der Waals surface area contributed by atoms with Crippen LogP contribution in [0.15, 0.2) is 29.3 Å². The molecular formula is C17H27N5. The Bertz CT molecular complexity index is 498. The Hall–Kier alpha value is -1.59. The molecule has 0 atom stereocenters. The van der Waals surface area contributed by atoms with Crippen LogP contribution in [0.5, 0.6) is 0 Å². The van der Waals surface area contributed by atoms with Crippen LogP contribution in [0.1, 0.15) is 24.0 Å². The second kappa shape index (κ2) is 7.11. The summed E-state index contributed by atoms with van der Waals surface area (Å²) in [4.78, 5) is 9.30. The number of nitrogens with two attached hydrogens (primary N) is 1. The quantitative estimate of drug-likeness (QED) is 0.629. The second-order valence-electron chi connectivity index (χ2n) is 6.52. The van der Waals surface area contributed by atoms with E-state index in [4.69, 9.17) is 5.73 Å². The van der Waals surface area contributed by atoms with E-state index in [0.29, 0.717) is 18.5 Å². The first-order valence-electron chi connectivity index (χ1n) is 8.24. The van der Waals surface area contributed by atoms with Gasteiger partial charge in [-0.15, -0.1) is 0 Å². The van der Waals surface area contributed by atoms with Gasteiger partial charge < -0.3 is 16.0 Å². The summed E-state index contributed by atoms with van der Waals surface area (Å²) in [6.45, 7) is 6.35. The average molecular weight is 301 g/mol. The molecule has 1 aromatic carbocycles. The molecule has 1 aliphatic carbocycles. The minimum Gasteiger partial charge on any atom is -0.370 e. The predicted octanol–water partition coefficient (Wildman–Crippen LogP) is 1.00. The van der Waals surface area contributed by atoms with Crippen molar-refractivity contribution in [3.8, 4) is 0 Å². The molecule has 2 fully saturated rings.